The lowest BCUT2D eigenvalue weighted by atomic mass is 10.2. The van der Waals surface area contributed by atoms with Gasteiger partial charge in [-0.2, -0.15) is 20.1 Å². The molecule has 0 aliphatic carbocycles. The molecule has 3 atom stereocenters. The molecule has 0 saturated carbocycles. The lowest BCUT2D eigenvalue weighted by Gasteiger charge is -2.37. The average Bonchev–Trinajstić information content (AvgIpc) is 3.77. The van der Waals surface area contributed by atoms with Gasteiger partial charge < -0.3 is 24.0 Å². The number of aromatic nitrogens is 6. The van der Waals surface area contributed by atoms with Gasteiger partial charge in [0.1, 0.15) is 30.8 Å². The Morgan fingerprint density at radius 1 is 0.929 bits per heavy atom. The molecule has 2 saturated heterocycles. The summed E-state index contributed by atoms with van der Waals surface area (Å²) in [6.07, 6.45) is 3.64. The first-order chi connectivity index (χ1) is 20.5. The summed E-state index contributed by atoms with van der Waals surface area (Å²) in [5.74, 6) is 1.51. The fraction of sp³-hybridized carbons (Fsp3) is 0.467. The first kappa shape index (κ1) is 28.0. The highest BCUT2D eigenvalue weighted by Crippen LogP contribution is 2.24. The van der Waals surface area contributed by atoms with Gasteiger partial charge >= 0.3 is 5.69 Å². The monoisotopic (exact) mass is 574 g/mol. The summed E-state index contributed by atoms with van der Waals surface area (Å²) in [5, 5.41) is 12.7. The van der Waals surface area contributed by atoms with Crippen LogP contribution in [0.25, 0.3) is 5.69 Å². The zero-order valence-electron chi connectivity index (χ0n) is 24.4. The van der Waals surface area contributed by atoms with Crippen LogP contribution in [0.5, 0.6) is 5.75 Å². The van der Waals surface area contributed by atoms with E-state index in [1.54, 1.807) is 26.4 Å². The van der Waals surface area contributed by atoms with E-state index in [1.165, 1.54) is 5.69 Å². The molecule has 222 valence electrons. The summed E-state index contributed by atoms with van der Waals surface area (Å²) < 4.78 is 20.8. The molecule has 12 heteroatoms. The maximum Gasteiger partial charge on any atom is 0.350 e. The van der Waals surface area contributed by atoms with Crippen molar-refractivity contribution in [3.63, 3.8) is 0 Å². The second-order valence-corrected chi connectivity index (χ2v) is 10.8. The van der Waals surface area contributed by atoms with E-state index in [2.05, 4.69) is 56.3 Å². The molecule has 12 nitrogen and oxygen atoms in total. The van der Waals surface area contributed by atoms with Gasteiger partial charge in [0.15, 0.2) is 6.29 Å². The van der Waals surface area contributed by atoms with Gasteiger partial charge in [-0.15, -0.1) is 0 Å². The SMILES string of the molecule is CCC(C)n1nc(C)n(-c2ccc(N3CCN(c4ccc(OCC5COC(Cn6nccn6)O5)cc4)CC3)cc2)c1=O. The number of benzene rings is 2. The first-order valence-electron chi connectivity index (χ1n) is 14.6. The normalized spacial score (nSPS) is 19.8. The van der Waals surface area contributed by atoms with E-state index in [9.17, 15) is 4.79 Å². The summed E-state index contributed by atoms with van der Waals surface area (Å²) in [6, 6.07) is 16.5. The molecule has 0 bridgehead atoms. The zero-order valence-corrected chi connectivity index (χ0v) is 24.4. The summed E-state index contributed by atoms with van der Waals surface area (Å²) in [7, 11) is 0. The van der Waals surface area contributed by atoms with Crippen LogP contribution in [0.3, 0.4) is 0 Å². The molecule has 0 N–H and O–H groups in total. The lowest BCUT2D eigenvalue weighted by molar-refractivity contribution is -0.0765. The molecular weight excluding hydrogens is 536 g/mol. The largest absolute Gasteiger partial charge is 0.491 e. The quantitative estimate of drug-likeness (QED) is 0.283. The Morgan fingerprint density at radius 2 is 1.52 bits per heavy atom. The first-order valence-corrected chi connectivity index (χ1v) is 14.6. The van der Waals surface area contributed by atoms with Crippen molar-refractivity contribution in [2.24, 2.45) is 0 Å². The number of piperazine rings is 1. The van der Waals surface area contributed by atoms with E-state index in [1.807, 2.05) is 38.1 Å². The molecule has 4 heterocycles. The smallest absolute Gasteiger partial charge is 0.350 e. The minimum absolute atomic E-state index is 0.0727. The van der Waals surface area contributed by atoms with Gasteiger partial charge in [0.05, 0.1) is 30.7 Å². The third-order valence-corrected chi connectivity index (χ3v) is 7.95. The number of hydrogen-bond donors (Lipinski definition) is 0. The molecule has 2 fully saturated rings. The maximum atomic E-state index is 13.0. The molecule has 6 rings (SSSR count). The van der Waals surface area contributed by atoms with E-state index in [0.717, 1.165) is 49.7 Å². The van der Waals surface area contributed by atoms with Gasteiger partial charge in [0.25, 0.3) is 0 Å². The van der Waals surface area contributed by atoms with Crippen molar-refractivity contribution in [1.29, 1.82) is 0 Å². The van der Waals surface area contributed by atoms with Crippen molar-refractivity contribution in [1.82, 2.24) is 29.3 Å². The molecule has 42 heavy (non-hydrogen) atoms. The number of rotatable bonds is 10. The predicted octanol–water partition coefficient (Wildman–Crippen LogP) is 3.05. The van der Waals surface area contributed by atoms with Gasteiger partial charge in [-0.1, -0.05) is 6.92 Å². The Hall–Kier alpha value is -4.16. The molecule has 0 spiro atoms. The van der Waals surface area contributed by atoms with Crippen LogP contribution in [-0.2, 0) is 16.0 Å². The topological polar surface area (TPSA) is 105 Å². The van der Waals surface area contributed by atoms with E-state index in [-0.39, 0.29) is 24.1 Å². The molecule has 2 aliphatic rings. The lowest BCUT2D eigenvalue weighted by Crippen LogP contribution is -2.46. The highest BCUT2D eigenvalue weighted by molar-refractivity contribution is 5.55. The molecule has 0 amide bonds. The molecule has 0 radical (unpaired) electrons. The van der Waals surface area contributed by atoms with Crippen LogP contribution in [0.15, 0.2) is 65.7 Å². The predicted molar refractivity (Wildman–Crippen MR) is 159 cm³/mol. The van der Waals surface area contributed by atoms with Gasteiger partial charge in [-0.3, -0.25) is 0 Å². The maximum absolute atomic E-state index is 13.0. The molecule has 2 aliphatic heterocycles. The van der Waals surface area contributed by atoms with Crippen LogP contribution in [0, 0.1) is 6.92 Å². The number of anilines is 2. The fourth-order valence-corrected chi connectivity index (χ4v) is 5.38. The Kier molecular flexibility index (Phi) is 8.24. The standard InChI is InChI=1S/C30H38N8O4/c1-4-22(2)38-30(39)37(23(3)33-38)26-7-5-24(6-8-26)34-15-17-35(18-16-34)25-9-11-27(12-10-25)40-20-28-21-41-29(42-28)19-36-31-13-14-32-36/h5-14,22,28-29H,4,15-21H2,1-3H3. The van der Waals surface area contributed by atoms with E-state index >= 15 is 0 Å². The van der Waals surface area contributed by atoms with Crippen LogP contribution in [0.1, 0.15) is 32.1 Å². The highest BCUT2D eigenvalue weighted by atomic mass is 16.7. The summed E-state index contributed by atoms with van der Waals surface area (Å²) in [4.78, 5) is 19.3. The zero-order chi connectivity index (χ0) is 29.1. The number of nitrogens with zero attached hydrogens (tertiary/aromatic N) is 8. The summed E-state index contributed by atoms with van der Waals surface area (Å²) in [6.45, 7) is 11.0. The van der Waals surface area contributed by atoms with Crippen LogP contribution < -0.4 is 20.2 Å². The van der Waals surface area contributed by atoms with Crippen LogP contribution in [0.2, 0.25) is 0 Å². The van der Waals surface area contributed by atoms with Crippen molar-refractivity contribution in [2.75, 3.05) is 49.2 Å². The van der Waals surface area contributed by atoms with Crippen molar-refractivity contribution < 1.29 is 14.2 Å². The second kappa shape index (κ2) is 12.4. The summed E-state index contributed by atoms with van der Waals surface area (Å²) in [5.41, 5.74) is 3.09. The van der Waals surface area contributed by atoms with E-state index in [0.29, 0.717) is 25.6 Å². The van der Waals surface area contributed by atoms with Gasteiger partial charge in [-0.25, -0.2) is 14.0 Å². The summed E-state index contributed by atoms with van der Waals surface area (Å²) >= 11 is 0. The van der Waals surface area contributed by atoms with Gasteiger partial charge in [-0.05, 0) is 68.8 Å². The number of ether oxygens (including phenoxy) is 3. The van der Waals surface area contributed by atoms with Crippen LogP contribution in [-0.4, -0.2) is 81.1 Å². The van der Waals surface area contributed by atoms with Crippen LogP contribution >= 0.6 is 0 Å². The van der Waals surface area contributed by atoms with Crippen LogP contribution in [0.4, 0.5) is 11.4 Å². The number of aryl methyl sites for hydroxylation is 1. The highest BCUT2D eigenvalue weighted by Gasteiger charge is 2.27. The Balaban J connectivity index is 0.983. The molecule has 3 unspecified atom stereocenters. The second-order valence-electron chi connectivity index (χ2n) is 10.8. The average molecular weight is 575 g/mol. The molecular formula is C30H38N8O4. The van der Waals surface area contributed by atoms with E-state index < -0.39 is 0 Å². The minimum Gasteiger partial charge on any atom is -0.491 e. The van der Waals surface area contributed by atoms with E-state index in [4.69, 9.17) is 14.2 Å². The van der Waals surface area contributed by atoms with Crippen molar-refractivity contribution in [2.45, 2.75) is 52.2 Å². The fourth-order valence-electron chi connectivity index (χ4n) is 5.38. The Bertz CT molecular complexity index is 1490. The molecule has 2 aromatic heterocycles. The van der Waals surface area contributed by atoms with Crippen molar-refractivity contribution in [3.8, 4) is 11.4 Å². The van der Waals surface area contributed by atoms with Gasteiger partial charge in [0.2, 0.25) is 0 Å². The molecule has 4 aromatic rings. The number of hydrogen-bond acceptors (Lipinski definition) is 9. The molecule has 2 aromatic carbocycles. The van der Waals surface area contributed by atoms with Gasteiger partial charge in [0, 0.05) is 37.6 Å². The third-order valence-electron chi connectivity index (χ3n) is 7.95. The Morgan fingerprint density at radius 3 is 2.14 bits per heavy atom. The van der Waals surface area contributed by atoms with Crippen molar-refractivity contribution >= 4 is 11.4 Å². The van der Waals surface area contributed by atoms with Crippen molar-refractivity contribution in [3.05, 3.63) is 77.2 Å². The minimum atomic E-state index is -0.363. The Labute approximate surface area is 245 Å². The third kappa shape index (κ3) is 6.04.